The number of rotatable bonds is 7. The van der Waals surface area contributed by atoms with E-state index in [1.165, 1.54) is 50.8 Å². The molecule has 0 saturated carbocycles. The Bertz CT molecular complexity index is 863. The molecule has 1 fully saturated rings. The molecule has 4 nitrogen and oxygen atoms in total. The molecule has 0 aromatic heterocycles. The molecular formula is C26H32N2O2. The van der Waals surface area contributed by atoms with E-state index in [4.69, 9.17) is 9.73 Å². The largest absolute Gasteiger partial charge is 0.508 e. The lowest BCUT2D eigenvalue weighted by Crippen LogP contribution is -2.27. The quantitative estimate of drug-likeness (QED) is 0.615. The van der Waals surface area contributed by atoms with Crippen molar-refractivity contribution in [3.05, 3.63) is 71.3 Å². The van der Waals surface area contributed by atoms with Crippen molar-refractivity contribution in [3.63, 3.8) is 0 Å². The van der Waals surface area contributed by atoms with Crippen LogP contribution in [-0.2, 0) is 11.2 Å². The molecule has 158 valence electrons. The average Bonchev–Trinajstić information content (AvgIpc) is 3.05. The monoisotopic (exact) mass is 404 g/mol. The normalized spacial score (nSPS) is 17.6. The maximum Gasteiger partial charge on any atom is 0.221 e. The maximum atomic E-state index is 9.52. The minimum atomic E-state index is 0.245. The Hall–Kier alpha value is -2.59. The lowest BCUT2D eigenvalue weighted by atomic mass is 9.92. The van der Waals surface area contributed by atoms with Crippen LogP contribution < -0.4 is 5.32 Å². The smallest absolute Gasteiger partial charge is 0.221 e. The third-order valence-electron chi connectivity index (χ3n) is 6.07. The molecule has 2 heterocycles. The molecule has 4 rings (SSSR count). The van der Waals surface area contributed by atoms with Gasteiger partial charge in [0.2, 0.25) is 5.90 Å². The first kappa shape index (κ1) is 20.7. The highest BCUT2D eigenvalue weighted by Gasteiger charge is 2.13. The zero-order valence-corrected chi connectivity index (χ0v) is 17.6. The number of aliphatic imine (C=N–C) groups is 1. The number of ether oxygens (including phenoxy) is 1. The van der Waals surface area contributed by atoms with Gasteiger partial charge >= 0.3 is 0 Å². The molecule has 0 unspecified atom stereocenters. The van der Waals surface area contributed by atoms with Crippen LogP contribution in [0.5, 0.6) is 5.75 Å². The summed E-state index contributed by atoms with van der Waals surface area (Å²) in [6.07, 6.45) is 10.8. The van der Waals surface area contributed by atoms with Gasteiger partial charge in [0.15, 0.2) is 0 Å². The molecule has 0 atom stereocenters. The van der Waals surface area contributed by atoms with E-state index in [1.54, 1.807) is 12.1 Å². The summed E-state index contributed by atoms with van der Waals surface area (Å²) in [5, 5.41) is 13.0. The van der Waals surface area contributed by atoms with E-state index in [0.29, 0.717) is 12.5 Å². The van der Waals surface area contributed by atoms with Crippen LogP contribution in [0.2, 0.25) is 0 Å². The molecule has 2 aromatic carbocycles. The molecule has 1 saturated heterocycles. The van der Waals surface area contributed by atoms with E-state index in [9.17, 15) is 5.11 Å². The molecular weight excluding hydrogens is 372 g/mol. The van der Waals surface area contributed by atoms with Crippen molar-refractivity contribution in [1.82, 2.24) is 5.32 Å². The molecule has 0 amide bonds. The van der Waals surface area contributed by atoms with Crippen LogP contribution in [0.3, 0.4) is 0 Å². The molecule has 0 radical (unpaired) electrons. The number of hydrogen-bond donors (Lipinski definition) is 2. The molecule has 0 aliphatic carbocycles. The molecule has 2 aliphatic heterocycles. The first-order valence-electron chi connectivity index (χ1n) is 11.3. The van der Waals surface area contributed by atoms with Gasteiger partial charge in [-0.1, -0.05) is 43.2 Å². The number of aromatic hydroxyl groups is 1. The van der Waals surface area contributed by atoms with Crippen LogP contribution in [0.15, 0.2) is 59.6 Å². The highest BCUT2D eigenvalue weighted by molar-refractivity contribution is 5.98. The first-order valence-corrected chi connectivity index (χ1v) is 11.3. The number of phenolic OH excluding ortho intramolecular Hbond substituents is 1. The van der Waals surface area contributed by atoms with Gasteiger partial charge in [-0.05, 0) is 80.1 Å². The number of unbranched alkanes of at least 4 members (excludes halogenated alkanes) is 1. The van der Waals surface area contributed by atoms with Gasteiger partial charge in [0.05, 0.1) is 12.3 Å². The summed E-state index contributed by atoms with van der Waals surface area (Å²) in [6.45, 7) is 3.01. The van der Waals surface area contributed by atoms with E-state index in [0.717, 1.165) is 35.6 Å². The fourth-order valence-corrected chi connectivity index (χ4v) is 4.25. The van der Waals surface area contributed by atoms with Gasteiger partial charge in [-0.3, -0.25) is 0 Å². The predicted octanol–water partition coefficient (Wildman–Crippen LogP) is 5.31. The summed E-state index contributed by atoms with van der Waals surface area (Å²) in [4.78, 5) is 4.77. The van der Waals surface area contributed by atoms with E-state index in [-0.39, 0.29) is 5.75 Å². The Labute approximate surface area is 179 Å². The highest BCUT2D eigenvalue weighted by Crippen LogP contribution is 2.24. The number of benzene rings is 2. The van der Waals surface area contributed by atoms with Gasteiger partial charge in [-0.25, -0.2) is 4.99 Å². The Balaban J connectivity index is 1.34. The molecule has 0 bridgehead atoms. The van der Waals surface area contributed by atoms with Crippen LogP contribution in [0.25, 0.3) is 5.70 Å². The lowest BCUT2D eigenvalue weighted by molar-refractivity contribution is 0.316. The lowest BCUT2D eigenvalue weighted by Gasteiger charge is -2.22. The van der Waals surface area contributed by atoms with Crippen molar-refractivity contribution in [2.75, 3.05) is 19.7 Å². The predicted molar refractivity (Wildman–Crippen MR) is 123 cm³/mol. The van der Waals surface area contributed by atoms with Crippen LogP contribution in [0.4, 0.5) is 0 Å². The zero-order chi connectivity index (χ0) is 20.6. The molecule has 0 spiro atoms. The SMILES string of the molecule is Oc1ccc(C2=NC(c3ccc(CCCCC4CCNCC4)cc3)=CCCO2)cc1. The summed E-state index contributed by atoms with van der Waals surface area (Å²) < 4.78 is 5.83. The molecule has 2 N–H and O–H groups in total. The average molecular weight is 405 g/mol. The second kappa shape index (κ2) is 10.4. The third kappa shape index (κ3) is 5.73. The van der Waals surface area contributed by atoms with Crippen molar-refractivity contribution in [3.8, 4) is 5.75 Å². The summed E-state index contributed by atoms with van der Waals surface area (Å²) in [5.74, 6) is 1.79. The van der Waals surface area contributed by atoms with Gasteiger partial charge in [0.1, 0.15) is 5.75 Å². The fraction of sp³-hybridized carbons (Fsp3) is 0.423. The number of hydrogen-bond acceptors (Lipinski definition) is 4. The standard InChI is InChI=1S/C26H32N2O2/c29-24-13-11-23(12-14-24)26-28-25(6-3-19-30-26)22-9-7-20(8-10-22)4-1-2-5-21-15-17-27-18-16-21/h6-14,21,27,29H,1-5,15-19H2. The van der Waals surface area contributed by atoms with Gasteiger partial charge in [0, 0.05) is 12.0 Å². The van der Waals surface area contributed by atoms with E-state index >= 15 is 0 Å². The van der Waals surface area contributed by atoms with Crippen LogP contribution in [-0.4, -0.2) is 30.7 Å². The highest BCUT2D eigenvalue weighted by atomic mass is 16.5. The Kier molecular flexibility index (Phi) is 7.20. The van der Waals surface area contributed by atoms with Crippen LogP contribution in [0.1, 0.15) is 55.2 Å². The number of nitrogens with zero attached hydrogens (tertiary/aromatic N) is 1. The van der Waals surface area contributed by atoms with Gasteiger partial charge in [-0.2, -0.15) is 0 Å². The third-order valence-corrected chi connectivity index (χ3v) is 6.07. The summed E-state index contributed by atoms with van der Waals surface area (Å²) in [5.41, 5.74) is 4.35. The van der Waals surface area contributed by atoms with E-state index < -0.39 is 0 Å². The fourth-order valence-electron chi connectivity index (χ4n) is 4.25. The second-order valence-corrected chi connectivity index (χ2v) is 8.33. The minimum absolute atomic E-state index is 0.245. The molecule has 2 aromatic rings. The topological polar surface area (TPSA) is 53.9 Å². The molecule has 2 aliphatic rings. The summed E-state index contributed by atoms with van der Waals surface area (Å²) >= 11 is 0. The van der Waals surface area contributed by atoms with Crippen LogP contribution >= 0.6 is 0 Å². The maximum absolute atomic E-state index is 9.52. The van der Waals surface area contributed by atoms with Gasteiger partial charge < -0.3 is 15.2 Å². The van der Waals surface area contributed by atoms with Crippen molar-refractivity contribution < 1.29 is 9.84 Å². The molecule has 4 heteroatoms. The Morgan fingerprint density at radius 1 is 0.933 bits per heavy atom. The number of aryl methyl sites for hydroxylation is 1. The van der Waals surface area contributed by atoms with E-state index in [2.05, 4.69) is 35.7 Å². The zero-order valence-electron chi connectivity index (χ0n) is 17.6. The van der Waals surface area contributed by atoms with Crippen molar-refractivity contribution in [2.45, 2.75) is 44.9 Å². The number of piperidine rings is 1. The summed E-state index contributed by atoms with van der Waals surface area (Å²) in [6, 6.07) is 15.8. The molecule has 30 heavy (non-hydrogen) atoms. The summed E-state index contributed by atoms with van der Waals surface area (Å²) in [7, 11) is 0. The van der Waals surface area contributed by atoms with Gasteiger partial charge in [0.25, 0.3) is 0 Å². The Morgan fingerprint density at radius 2 is 1.67 bits per heavy atom. The van der Waals surface area contributed by atoms with Crippen molar-refractivity contribution >= 4 is 11.6 Å². The van der Waals surface area contributed by atoms with E-state index in [1.807, 2.05) is 12.1 Å². The Morgan fingerprint density at radius 3 is 2.43 bits per heavy atom. The van der Waals surface area contributed by atoms with Gasteiger partial charge in [-0.15, -0.1) is 0 Å². The number of phenols is 1. The first-order chi connectivity index (χ1) is 14.8. The number of nitrogens with one attached hydrogen (secondary N) is 1. The minimum Gasteiger partial charge on any atom is -0.508 e. The van der Waals surface area contributed by atoms with Crippen LogP contribution in [0, 0.1) is 5.92 Å². The van der Waals surface area contributed by atoms with Crippen molar-refractivity contribution in [1.29, 1.82) is 0 Å². The second-order valence-electron chi connectivity index (χ2n) is 8.33. The van der Waals surface area contributed by atoms with Crippen molar-refractivity contribution in [2.24, 2.45) is 10.9 Å².